The van der Waals surface area contributed by atoms with E-state index in [9.17, 15) is 4.79 Å². The molecule has 3 N–H and O–H groups in total. The molecule has 1 fully saturated rings. The van der Waals surface area contributed by atoms with Crippen LogP contribution in [0.2, 0.25) is 0 Å². The van der Waals surface area contributed by atoms with Gasteiger partial charge in [0.2, 0.25) is 0 Å². The van der Waals surface area contributed by atoms with Gasteiger partial charge in [-0.05, 0) is 31.9 Å². The second-order valence-electron chi connectivity index (χ2n) is 7.71. The maximum Gasteiger partial charge on any atom is 0.320 e. The predicted octanol–water partition coefficient (Wildman–Crippen LogP) is -4.03. The zero-order chi connectivity index (χ0) is 22.4. The molecule has 15 radical (unpaired) electrons. The molecule has 1 aromatic rings. The summed E-state index contributed by atoms with van der Waals surface area (Å²) in [4.78, 5) is 13.2. The first kappa shape index (κ1) is 25.8. The van der Waals surface area contributed by atoms with Crippen molar-refractivity contribution in [3.05, 3.63) is 29.8 Å². The number of carboxylic acids is 1. The summed E-state index contributed by atoms with van der Waals surface area (Å²) in [5.41, 5.74) is 7.59. The highest BCUT2D eigenvalue weighted by Gasteiger charge is 2.46. The van der Waals surface area contributed by atoms with Crippen molar-refractivity contribution in [2.24, 2.45) is 5.73 Å². The van der Waals surface area contributed by atoms with E-state index < -0.39 is 24.8 Å². The van der Waals surface area contributed by atoms with Gasteiger partial charge in [-0.1, -0.05) is 22.9 Å². The standard InChI is InChI=1S/C13H17B12N2O2S/c14-20-23(19)25(24(21(15)16)22(17)18)30-7-5-27(6-8-30)11-3-1-10(2-4-11)9-12(26)13(28)29/h1-4,12H,5-9,26H2/q-2/p+1. The third-order valence-corrected chi connectivity index (χ3v) is 8.39. The van der Waals surface area contributed by atoms with Crippen LogP contribution < -0.4 is 10.6 Å². The summed E-state index contributed by atoms with van der Waals surface area (Å²) in [6.07, 6.45) is -1.75. The van der Waals surface area contributed by atoms with E-state index in [0.29, 0.717) is 6.42 Å². The molecule has 1 atom stereocenters. The second-order valence-corrected chi connectivity index (χ2v) is 10.2. The Balaban J connectivity index is 2.04. The van der Waals surface area contributed by atoms with Crippen molar-refractivity contribution in [1.29, 1.82) is 0 Å². The highest BCUT2D eigenvalue weighted by molar-refractivity contribution is 8.41. The van der Waals surface area contributed by atoms with Gasteiger partial charge in [0.1, 0.15) is 17.5 Å². The first-order valence-corrected chi connectivity index (χ1v) is 11.6. The average molecular weight is 396 g/mol. The maximum absolute atomic E-state index is 10.9. The van der Waals surface area contributed by atoms with E-state index >= 15 is 0 Å². The summed E-state index contributed by atoms with van der Waals surface area (Å²) in [7, 11) is 37.3. The summed E-state index contributed by atoms with van der Waals surface area (Å²) in [5.74, 6) is 0.746. The Morgan fingerprint density at radius 3 is 2.23 bits per heavy atom. The topological polar surface area (TPSA) is 66.6 Å². The Kier molecular flexibility index (Phi) is 10.3. The van der Waals surface area contributed by atoms with Crippen molar-refractivity contribution in [3.8, 4) is 0 Å². The molecule has 135 valence electrons. The summed E-state index contributed by atoms with van der Waals surface area (Å²) >= 11 is 0. The van der Waals surface area contributed by atoms with E-state index in [1.165, 1.54) is 7.06 Å². The molecule has 1 aliphatic heterocycles. The van der Waals surface area contributed by atoms with Crippen LogP contribution in [0.5, 0.6) is 0 Å². The van der Waals surface area contributed by atoms with Gasteiger partial charge in [0.25, 0.3) is 5.77 Å². The number of hydrogen-bond acceptors (Lipinski definition) is 3. The lowest BCUT2D eigenvalue weighted by Gasteiger charge is -2.40. The van der Waals surface area contributed by atoms with Crippen molar-refractivity contribution in [2.75, 3.05) is 29.5 Å². The molecule has 1 unspecified atom stereocenters. The van der Waals surface area contributed by atoms with E-state index in [0.717, 1.165) is 35.8 Å². The highest BCUT2D eigenvalue weighted by Crippen LogP contribution is 2.21. The Labute approximate surface area is 194 Å². The molecule has 1 aliphatic rings. The number of nitrogens with zero attached hydrogens (tertiary/aromatic N) is 1. The van der Waals surface area contributed by atoms with Gasteiger partial charge in [0, 0.05) is 48.1 Å². The molecule has 0 bridgehead atoms. The van der Waals surface area contributed by atoms with Crippen LogP contribution in [0.4, 0.5) is 5.69 Å². The van der Waals surface area contributed by atoms with Crippen LogP contribution in [0.1, 0.15) is 5.56 Å². The summed E-state index contributed by atoms with van der Waals surface area (Å²) < 4.78 is 0. The number of hydrogen-bond donors (Lipinski definition) is 2. The number of rotatable bonds is 10. The lowest BCUT2D eigenvalue weighted by atomic mass is 8.58. The van der Waals surface area contributed by atoms with Crippen molar-refractivity contribution < 1.29 is 9.90 Å². The molecule has 17 heteroatoms. The normalized spacial score (nSPS) is 15.2. The number of nitrogens with two attached hydrogens (primary N) is 1. The molecule has 4 nitrogen and oxygen atoms in total. The quantitative estimate of drug-likeness (QED) is 0.313. The van der Waals surface area contributed by atoms with Crippen LogP contribution in [0.3, 0.4) is 0 Å². The minimum atomic E-state index is -1.00. The number of carboxylic acid groups (broad SMARTS) is 1. The van der Waals surface area contributed by atoms with E-state index in [2.05, 4.69) is 4.90 Å². The molecule has 30 heavy (non-hydrogen) atoms. The molecule has 0 aromatic heterocycles. The third-order valence-electron chi connectivity index (χ3n) is 5.58. The number of anilines is 1. The fourth-order valence-electron chi connectivity index (χ4n) is 3.89. The first-order chi connectivity index (χ1) is 14.1. The molecule has 1 aromatic carbocycles. The minimum Gasteiger partial charge on any atom is -0.690 e. The van der Waals surface area contributed by atoms with Crippen molar-refractivity contribution in [1.82, 2.24) is 0 Å². The summed E-state index contributed by atoms with van der Waals surface area (Å²) in [6, 6.07) is 6.94. The van der Waals surface area contributed by atoms with E-state index in [-0.39, 0.29) is 29.3 Å². The molecule has 2 rings (SSSR count). The van der Waals surface area contributed by atoms with Gasteiger partial charge in [0.15, 0.2) is 0 Å². The van der Waals surface area contributed by atoms with Gasteiger partial charge in [-0.2, -0.15) is 0 Å². The van der Waals surface area contributed by atoms with Crippen LogP contribution in [0.25, 0.3) is 0 Å². The van der Waals surface area contributed by atoms with Crippen LogP contribution in [0.15, 0.2) is 24.3 Å². The molecule has 1 heterocycles. The predicted molar refractivity (Wildman–Crippen MR) is 144 cm³/mol. The summed E-state index contributed by atoms with van der Waals surface area (Å²) in [5, 5.41) is 8.95. The maximum atomic E-state index is 10.9. The van der Waals surface area contributed by atoms with Crippen LogP contribution in [0, 0.1) is 0 Å². The Morgan fingerprint density at radius 1 is 1.23 bits per heavy atom. The van der Waals surface area contributed by atoms with Gasteiger partial charge in [-0.25, -0.2) is 6.39 Å². The number of aliphatic carboxylic acids is 1. The SMILES string of the molecule is [B]B([B])B(B([B])[B-])B(B([B])[B][B-])[S+]1CCN(c2ccc(CC(N)C(=O)O)cc2)CC1. The molecule has 1 saturated heterocycles. The Bertz CT molecular complexity index is 671. The molecular weight excluding hydrogens is 378 g/mol. The molecule has 0 spiro atoms. The van der Waals surface area contributed by atoms with E-state index in [4.69, 9.17) is 57.3 Å². The van der Waals surface area contributed by atoms with Crippen molar-refractivity contribution in [2.45, 2.75) is 12.5 Å². The lowest BCUT2D eigenvalue weighted by Crippen LogP contribution is -2.72. The minimum absolute atomic E-state index is 0.0722. The van der Waals surface area contributed by atoms with Crippen LogP contribution >= 0.6 is 0 Å². The monoisotopic (exact) mass is 398 g/mol. The number of benzene rings is 1. The lowest BCUT2D eigenvalue weighted by molar-refractivity contribution is -0.138. The molecule has 0 saturated carbocycles. The van der Waals surface area contributed by atoms with Crippen molar-refractivity contribution in [3.63, 3.8) is 0 Å². The molecule has 0 amide bonds. The third kappa shape index (κ3) is 6.79. The Morgan fingerprint density at radius 2 is 1.80 bits per heavy atom. The average Bonchev–Trinajstić information content (AvgIpc) is 2.71. The van der Waals surface area contributed by atoms with Gasteiger partial charge in [0.05, 0.1) is 13.1 Å². The second kappa shape index (κ2) is 12.0. The molecule has 0 aliphatic carbocycles. The van der Waals surface area contributed by atoms with E-state index in [1.54, 1.807) is 0 Å². The largest absolute Gasteiger partial charge is 0.690 e. The zero-order valence-electron chi connectivity index (χ0n) is 17.1. The van der Waals surface area contributed by atoms with Crippen LogP contribution in [-0.2, 0) is 22.0 Å². The first-order valence-electron chi connectivity index (χ1n) is 9.97. The summed E-state index contributed by atoms with van der Waals surface area (Å²) in [6.45, 7) is 1.69. The van der Waals surface area contributed by atoms with Crippen LogP contribution in [-0.4, -0.2) is 127 Å². The smallest absolute Gasteiger partial charge is 0.320 e. The number of carbonyl (C=O) groups is 1. The van der Waals surface area contributed by atoms with Gasteiger partial charge in [-0.3, -0.25) is 11.9 Å². The van der Waals surface area contributed by atoms with Gasteiger partial charge >= 0.3 is 5.97 Å². The van der Waals surface area contributed by atoms with Crippen molar-refractivity contribution >= 4 is 107 Å². The zero-order valence-corrected chi connectivity index (χ0v) is 18.0. The van der Waals surface area contributed by atoms with Gasteiger partial charge in [-0.15, -0.1) is 0 Å². The highest BCUT2D eigenvalue weighted by atomic mass is 32.2. The fourth-order valence-corrected chi connectivity index (χ4v) is 6.89. The molecular formula is C13H18B12N2O2S-. The van der Waals surface area contributed by atoms with E-state index in [1.807, 2.05) is 24.3 Å². The Hall–Kier alpha value is -0.421. The fraction of sp³-hybridized carbons (Fsp3) is 0.462. The van der Waals surface area contributed by atoms with Gasteiger partial charge < -0.3 is 31.2 Å².